The molecule has 3 aromatic rings. The molecular formula is C31H35FN2O5. The van der Waals surface area contributed by atoms with Gasteiger partial charge in [-0.15, -0.1) is 0 Å². The van der Waals surface area contributed by atoms with Crippen molar-refractivity contribution in [3.63, 3.8) is 0 Å². The number of hydrogen-bond donors (Lipinski definition) is 1. The van der Waals surface area contributed by atoms with Crippen molar-refractivity contribution in [3.8, 4) is 11.5 Å². The number of Topliss-reactive ketones (excluding diaryl/α,β-unsaturated/α-hetero) is 1. The molecule has 1 aliphatic heterocycles. The molecule has 1 amide bonds. The van der Waals surface area contributed by atoms with Crippen molar-refractivity contribution in [1.29, 1.82) is 0 Å². The summed E-state index contributed by atoms with van der Waals surface area (Å²) >= 11 is 0. The van der Waals surface area contributed by atoms with E-state index in [-0.39, 0.29) is 49.3 Å². The molecule has 0 aliphatic carbocycles. The SMILES string of the molecule is C[C@@H]1CN(CC(=O)N[C@@H](COCc2ccccc2)C(=O)Cc2ccc(Oc3ccc(F)cc3)cc2)C[C@H](C)O1. The number of rotatable bonds is 12. The van der Waals surface area contributed by atoms with Gasteiger partial charge in [0.15, 0.2) is 5.78 Å². The fourth-order valence-corrected chi connectivity index (χ4v) is 4.58. The highest BCUT2D eigenvalue weighted by atomic mass is 19.1. The number of ether oxygens (including phenoxy) is 3. The van der Waals surface area contributed by atoms with E-state index in [1.807, 2.05) is 49.1 Å². The number of carbonyl (C=O) groups is 2. The maximum Gasteiger partial charge on any atom is 0.234 e. The van der Waals surface area contributed by atoms with E-state index in [0.29, 0.717) is 31.2 Å². The average Bonchev–Trinajstić information content (AvgIpc) is 2.90. The minimum atomic E-state index is -0.785. The van der Waals surface area contributed by atoms with Gasteiger partial charge in [0.2, 0.25) is 5.91 Å². The highest BCUT2D eigenvalue weighted by Gasteiger charge is 2.26. The average molecular weight is 535 g/mol. The van der Waals surface area contributed by atoms with Gasteiger partial charge in [0, 0.05) is 19.5 Å². The standard InChI is InChI=1S/C31H35FN2O5/c1-22-17-34(18-23(2)38-22)19-31(36)33-29(21-37-20-25-6-4-3-5-7-25)30(35)16-24-8-12-27(13-9-24)39-28-14-10-26(32)11-15-28/h3-15,22-23,29H,16-21H2,1-2H3,(H,33,36)/t22-,23+,29-/m0/s1. The summed E-state index contributed by atoms with van der Waals surface area (Å²) in [5.74, 6) is 0.387. The number of morpholine rings is 1. The first-order valence-electron chi connectivity index (χ1n) is 13.2. The Morgan fingerprint density at radius 3 is 2.18 bits per heavy atom. The zero-order valence-corrected chi connectivity index (χ0v) is 22.3. The molecule has 3 atom stereocenters. The summed E-state index contributed by atoms with van der Waals surface area (Å²) in [6.45, 7) is 5.90. The van der Waals surface area contributed by atoms with E-state index < -0.39 is 6.04 Å². The molecule has 4 rings (SSSR count). The highest BCUT2D eigenvalue weighted by molar-refractivity contribution is 5.91. The largest absolute Gasteiger partial charge is 0.457 e. The molecule has 0 saturated carbocycles. The van der Waals surface area contributed by atoms with Crippen LogP contribution in [0.2, 0.25) is 0 Å². The van der Waals surface area contributed by atoms with Crippen molar-refractivity contribution >= 4 is 11.7 Å². The van der Waals surface area contributed by atoms with Crippen LogP contribution in [0, 0.1) is 5.82 Å². The van der Waals surface area contributed by atoms with Crippen molar-refractivity contribution < 1.29 is 28.2 Å². The summed E-state index contributed by atoms with van der Waals surface area (Å²) in [4.78, 5) is 28.3. The molecule has 1 fully saturated rings. The minimum Gasteiger partial charge on any atom is -0.457 e. The van der Waals surface area contributed by atoms with Crippen LogP contribution in [0.3, 0.4) is 0 Å². The molecule has 0 bridgehead atoms. The van der Waals surface area contributed by atoms with Crippen LogP contribution in [0.5, 0.6) is 11.5 Å². The zero-order valence-electron chi connectivity index (χ0n) is 22.3. The van der Waals surface area contributed by atoms with Crippen molar-refractivity contribution in [1.82, 2.24) is 10.2 Å². The number of carbonyl (C=O) groups excluding carboxylic acids is 2. The van der Waals surface area contributed by atoms with Gasteiger partial charge in [0.25, 0.3) is 0 Å². The first-order chi connectivity index (χ1) is 18.8. The Hall–Kier alpha value is -3.59. The maximum atomic E-state index is 13.3. The molecule has 0 unspecified atom stereocenters. The third-order valence-corrected chi connectivity index (χ3v) is 6.33. The van der Waals surface area contributed by atoms with E-state index in [1.165, 1.54) is 12.1 Å². The van der Waals surface area contributed by atoms with Crippen LogP contribution in [0.1, 0.15) is 25.0 Å². The van der Waals surface area contributed by atoms with Crippen LogP contribution < -0.4 is 10.1 Å². The van der Waals surface area contributed by atoms with Gasteiger partial charge in [-0.25, -0.2) is 4.39 Å². The van der Waals surface area contributed by atoms with Gasteiger partial charge >= 0.3 is 0 Å². The van der Waals surface area contributed by atoms with Crippen LogP contribution in [0.25, 0.3) is 0 Å². The molecule has 1 saturated heterocycles. The van der Waals surface area contributed by atoms with E-state index >= 15 is 0 Å². The van der Waals surface area contributed by atoms with Crippen molar-refractivity contribution in [2.75, 3.05) is 26.2 Å². The summed E-state index contributed by atoms with van der Waals surface area (Å²) < 4.78 is 30.5. The lowest BCUT2D eigenvalue weighted by molar-refractivity contribution is -0.132. The molecule has 1 aliphatic rings. The fourth-order valence-electron chi connectivity index (χ4n) is 4.58. The molecule has 7 nitrogen and oxygen atoms in total. The molecule has 0 aromatic heterocycles. The zero-order chi connectivity index (χ0) is 27.6. The first kappa shape index (κ1) is 28.4. The van der Waals surface area contributed by atoms with Gasteiger partial charge in [-0.3, -0.25) is 14.5 Å². The van der Waals surface area contributed by atoms with Gasteiger partial charge in [-0.2, -0.15) is 0 Å². The second-order valence-electron chi connectivity index (χ2n) is 9.92. The van der Waals surface area contributed by atoms with Gasteiger partial charge in [0.05, 0.1) is 32.0 Å². The van der Waals surface area contributed by atoms with E-state index in [2.05, 4.69) is 5.32 Å². The monoisotopic (exact) mass is 534 g/mol. The number of amides is 1. The Labute approximate surface area is 228 Å². The van der Waals surface area contributed by atoms with Crippen LogP contribution in [-0.4, -0.2) is 61.1 Å². The number of nitrogens with zero attached hydrogens (tertiary/aromatic N) is 1. The van der Waals surface area contributed by atoms with Crippen molar-refractivity contribution in [2.45, 2.75) is 45.1 Å². The molecule has 39 heavy (non-hydrogen) atoms. The van der Waals surface area contributed by atoms with Gasteiger partial charge in [-0.05, 0) is 61.4 Å². The molecular weight excluding hydrogens is 499 g/mol. The second-order valence-corrected chi connectivity index (χ2v) is 9.92. The van der Waals surface area contributed by atoms with Crippen LogP contribution in [0.4, 0.5) is 4.39 Å². The molecule has 206 valence electrons. The summed E-state index contributed by atoms with van der Waals surface area (Å²) in [7, 11) is 0. The van der Waals surface area contributed by atoms with Gasteiger partial charge in [-0.1, -0.05) is 42.5 Å². The summed E-state index contributed by atoms with van der Waals surface area (Å²) in [5, 5.41) is 2.90. The minimum absolute atomic E-state index is 0.0446. The molecule has 1 heterocycles. The molecule has 0 radical (unpaired) electrons. The first-order valence-corrected chi connectivity index (χ1v) is 13.2. The van der Waals surface area contributed by atoms with Crippen LogP contribution >= 0.6 is 0 Å². The van der Waals surface area contributed by atoms with Gasteiger partial charge < -0.3 is 19.5 Å². The normalized spacial score (nSPS) is 18.3. The number of hydrogen-bond acceptors (Lipinski definition) is 6. The Balaban J connectivity index is 1.36. The summed E-state index contributed by atoms with van der Waals surface area (Å²) in [6.07, 6.45) is 0.216. The Morgan fingerprint density at radius 1 is 0.923 bits per heavy atom. The molecule has 0 spiro atoms. The van der Waals surface area contributed by atoms with E-state index in [4.69, 9.17) is 14.2 Å². The third kappa shape index (κ3) is 9.28. The molecule has 3 aromatic carbocycles. The smallest absolute Gasteiger partial charge is 0.234 e. The highest BCUT2D eigenvalue weighted by Crippen LogP contribution is 2.22. The summed E-state index contributed by atoms with van der Waals surface area (Å²) in [6, 6.07) is 21.8. The number of ketones is 1. The topological polar surface area (TPSA) is 77.1 Å². The van der Waals surface area contributed by atoms with E-state index in [9.17, 15) is 14.0 Å². The predicted molar refractivity (Wildman–Crippen MR) is 146 cm³/mol. The van der Waals surface area contributed by atoms with E-state index in [0.717, 1.165) is 11.1 Å². The lowest BCUT2D eigenvalue weighted by Gasteiger charge is -2.35. The Kier molecular flexibility index (Phi) is 10.2. The Bertz CT molecular complexity index is 1190. The number of benzene rings is 3. The second kappa shape index (κ2) is 14.0. The van der Waals surface area contributed by atoms with Gasteiger partial charge in [0.1, 0.15) is 23.4 Å². The molecule has 1 N–H and O–H groups in total. The van der Waals surface area contributed by atoms with Crippen LogP contribution in [-0.2, 0) is 32.1 Å². The van der Waals surface area contributed by atoms with Crippen molar-refractivity contribution in [2.24, 2.45) is 0 Å². The Morgan fingerprint density at radius 2 is 1.54 bits per heavy atom. The predicted octanol–water partition coefficient (Wildman–Crippen LogP) is 4.54. The van der Waals surface area contributed by atoms with E-state index in [1.54, 1.807) is 36.4 Å². The van der Waals surface area contributed by atoms with Crippen LogP contribution in [0.15, 0.2) is 78.9 Å². The number of halogens is 1. The quantitative estimate of drug-likeness (QED) is 0.368. The summed E-state index contributed by atoms with van der Waals surface area (Å²) in [5.41, 5.74) is 1.77. The lowest BCUT2D eigenvalue weighted by atomic mass is 10.0. The third-order valence-electron chi connectivity index (χ3n) is 6.33. The lowest BCUT2D eigenvalue weighted by Crippen LogP contribution is -2.52. The molecule has 8 heteroatoms. The maximum absolute atomic E-state index is 13.3. The fraction of sp³-hybridized carbons (Fsp3) is 0.355. The van der Waals surface area contributed by atoms with Crippen molar-refractivity contribution in [3.05, 3.63) is 95.8 Å². The number of nitrogens with one attached hydrogen (secondary N) is 1.